The van der Waals surface area contributed by atoms with E-state index >= 15 is 0 Å². The van der Waals surface area contributed by atoms with Gasteiger partial charge in [-0.2, -0.15) is 5.26 Å². The summed E-state index contributed by atoms with van der Waals surface area (Å²) in [4.78, 5) is 0. The van der Waals surface area contributed by atoms with Crippen molar-refractivity contribution < 1.29 is 14.2 Å². The number of nitrogens with zero attached hydrogens (tertiary/aromatic N) is 1. The molecule has 0 saturated heterocycles. The van der Waals surface area contributed by atoms with E-state index in [1.807, 2.05) is 43.3 Å². The number of nitriles is 1. The number of benzene rings is 2. The SMILES string of the molecule is CCOc1ccccc1[C@H]1C(C#N)=C(N)Oc2cc(OC)ccc21. The van der Waals surface area contributed by atoms with E-state index in [9.17, 15) is 5.26 Å². The van der Waals surface area contributed by atoms with Crippen molar-refractivity contribution >= 4 is 0 Å². The summed E-state index contributed by atoms with van der Waals surface area (Å²) in [6.07, 6.45) is 0. The van der Waals surface area contributed by atoms with E-state index in [-0.39, 0.29) is 11.8 Å². The van der Waals surface area contributed by atoms with Crippen molar-refractivity contribution in [1.82, 2.24) is 0 Å². The topological polar surface area (TPSA) is 77.5 Å². The van der Waals surface area contributed by atoms with Crippen LogP contribution in [0, 0.1) is 11.3 Å². The molecule has 2 N–H and O–H groups in total. The van der Waals surface area contributed by atoms with Crippen molar-refractivity contribution in [2.75, 3.05) is 13.7 Å². The van der Waals surface area contributed by atoms with Crippen molar-refractivity contribution in [2.45, 2.75) is 12.8 Å². The largest absolute Gasteiger partial charge is 0.497 e. The molecule has 0 bridgehead atoms. The third kappa shape index (κ3) is 2.63. The number of ether oxygens (including phenoxy) is 3. The van der Waals surface area contributed by atoms with Crippen molar-refractivity contribution in [1.29, 1.82) is 5.26 Å². The van der Waals surface area contributed by atoms with Crippen LogP contribution < -0.4 is 19.9 Å². The standard InChI is InChI=1S/C19H18N2O3/c1-3-23-16-7-5-4-6-13(16)18-14-9-8-12(22-2)10-17(14)24-19(21)15(18)11-20/h4-10,18H,3,21H2,1-2H3/t18-/m1/s1. The summed E-state index contributed by atoms with van der Waals surface area (Å²) >= 11 is 0. The number of methoxy groups -OCH3 is 1. The van der Waals surface area contributed by atoms with Crippen LogP contribution in [0.5, 0.6) is 17.2 Å². The second-order valence-corrected chi connectivity index (χ2v) is 5.30. The van der Waals surface area contributed by atoms with E-state index in [4.69, 9.17) is 19.9 Å². The Hall–Kier alpha value is -3.13. The van der Waals surface area contributed by atoms with Gasteiger partial charge in [-0.15, -0.1) is 0 Å². The number of rotatable bonds is 4. The first-order chi connectivity index (χ1) is 11.7. The van der Waals surface area contributed by atoms with E-state index in [2.05, 4.69) is 6.07 Å². The van der Waals surface area contributed by atoms with Gasteiger partial charge in [-0.25, -0.2) is 0 Å². The van der Waals surface area contributed by atoms with Crippen LogP contribution in [0.3, 0.4) is 0 Å². The molecule has 0 saturated carbocycles. The predicted octanol–water partition coefficient (Wildman–Crippen LogP) is 3.31. The van der Waals surface area contributed by atoms with Gasteiger partial charge in [0.05, 0.1) is 19.6 Å². The monoisotopic (exact) mass is 322 g/mol. The van der Waals surface area contributed by atoms with E-state index in [1.165, 1.54) is 0 Å². The Morgan fingerprint density at radius 1 is 1.21 bits per heavy atom. The van der Waals surface area contributed by atoms with Gasteiger partial charge in [0.1, 0.15) is 28.9 Å². The fraction of sp³-hybridized carbons (Fsp3) is 0.211. The van der Waals surface area contributed by atoms with Crippen LogP contribution >= 0.6 is 0 Å². The van der Waals surface area contributed by atoms with Crippen molar-refractivity contribution in [2.24, 2.45) is 5.73 Å². The van der Waals surface area contributed by atoms with E-state index in [0.717, 1.165) is 16.9 Å². The van der Waals surface area contributed by atoms with Crippen LogP contribution in [-0.2, 0) is 0 Å². The molecule has 3 rings (SSSR count). The quantitative estimate of drug-likeness (QED) is 0.934. The maximum absolute atomic E-state index is 9.61. The van der Waals surface area contributed by atoms with Gasteiger partial charge in [0.2, 0.25) is 5.88 Å². The fourth-order valence-electron chi connectivity index (χ4n) is 2.89. The maximum atomic E-state index is 9.61. The van der Waals surface area contributed by atoms with Crippen LogP contribution in [0.15, 0.2) is 53.9 Å². The van der Waals surface area contributed by atoms with Gasteiger partial charge < -0.3 is 19.9 Å². The first-order valence-corrected chi connectivity index (χ1v) is 7.66. The Morgan fingerprint density at radius 2 is 2.00 bits per heavy atom. The highest BCUT2D eigenvalue weighted by Gasteiger charge is 2.32. The van der Waals surface area contributed by atoms with E-state index in [0.29, 0.717) is 23.7 Å². The number of hydrogen-bond donors (Lipinski definition) is 1. The smallest absolute Gasteiger partial charge is 0.205 e. The lowest BCUT2D eigenvalue weighted by Crippen LogP contribution is -2.21. The van der Waals surface area contributed by atoms with Gasteiger partial charge >= 0.3 is 0 Å². The predicted molar refractivity (Wildman–Crippen MR) is 89.9 cm³/mol. The molecule has 0 spiro atoms. The third-order valence-corrected chi connectivity index (χ3v) is 3.96. The molecule has 5 nitrogen and oxygen atoms in total. The summed E-state index contributed by atoms with van der Waals surface area (Å²) < 4.78 is 16.6. The van der Waals surface area contributed by atoms with E-state index < -0.39 is 0 Å². The van der Waals surface area contributed by atoms with Gasteiger partial charge in [0.25, 0.3) is 0 Å². The molecule has 2 aromatic carbocycles. The van der Waals surface area contributed by atoms with Crippen LogP contribution in [0.4, 0.5) is 0 Å². The summed E-state index contributed by atoms with van der Waals surface area (Å²) in [6.45, 7) is 2.46. The number of allylic oxidation sites excluding steroid dienone is 1. The van der Waals surface area contributed by atoms with Crippen LogP contribution in [0.1, 0.15) is 24.0 Å². The molecule has 0 amide bonds. The van der Waals surface area contributed by atoms with Gasteiger partial charge in [-0.05, 0) is 19.1 Å². The molecule has 122 valence electrons. The lowest BCUT2D eigenvalue weighted by atomic mass is 9.83. The average molecular weight is 322 g/mol. The Labute approximate surface area is 140 Å². The molecule has 0 fully saturated rings. The maximum Gasteiger partial charge on any atom is 0.205 e. The molecule has 1 atom stereocenters. The molecular weight excluding hydrogens is 304 g/mol. The third-order valence-electron chi connectivity index (χ3n) is 3.96. The Balaban J connectivity index is 2.21. The first kappa shape index (κ1) is 15.8. The lowest BCUT2D eigenvalue weighted by molar-refractivity contribution is 0.334. The molecule has 0 radical (unpaired) electrons. The Bertz CT molecular complexity index is 837. The molecular formula is C19H18N2O3. The zero-order chi connectivity index (χ0) is 17.1. The molecule has 1 aliphatic heterocycles. The minimum atomic E-state index is -0.340. The van der Waals surface area contributed by atoms with Gasteiger partial charge in [-0.3, -0.25) is 0 Å². The normalized spacial score (nSPS) is 16.0. The first-order valence-electron chi connectivity index (χ1n) is 7.66. The Morgan fingerprint density at radius 3 is 2.71 bits per heavy atom. The Kier molecular flexibility index (Phi) is 4.30. The van der Waals surface area contributed by atoms with Gasteiger partial charge in [0, 0.05) is 17.2 Å². The average Bonchev–Trinajstić information content (AvgIpc) is 2.61. The molecule has 5 heteroatoms. The molecule has 0 aliphatic carbocycles. The molecule has 2 aromatic rings. The summed E-state index contributed by atoms with van der Waals surface area (Å²) in [6, 6.07) is 15.3. The second-order valence-electron chi connectivity index (χ2n) is 5.30. The number of fused-ring (bicyclic) bond motifs is 1. The molecule has 0 aromatic heterocycles. The summed E-state index contributed by atoms with van der Waals surface area (Å²) in [5, 5.41) is 9.61. The highest BCUT2D eigenvalue weighted by atomic mass is 16.5. The number of para-hydroxylation sites is 1. The van der Waals surface area contributed by atoms with Crippen LogP contribution in [-0.4, -0.2) is 13.7 Å². The van der Waals surface area contributed by atoms with Crippen LogP contribution in [0.25, 0.3) is 0 Å². The summed E-state index contributed by atoms with van der Waals surface area (Å²) in [7, 11) is 1.59. The molecule has 0 unspecified atom stereocenters. The van der Waals surface area contributed by atoms with Gasteiger partial charge in [0.15, 0.2) is 0 Å². The number of hydrogen-bond acceptors (Lipinski definition) is 5. The zero-order valence-corrected chi connectivity index (χ0v) is 13.6. The molecule has 1 heterocycles. The molecule has 1 aliphatic rings. The lowest BCUT2D eigenvalue weighted by Gasteiger charge is -2.27. The highest BCUT2D eigenvalue weighted by Crippen LogP contribution is 2.45. The number of nitrogens with two attached hydrogens (primary N) is 1. The van der Waals surface area contributed by atoms with Crippen molar-refractivity contribution in [3.8, 4) is 23.3 Å². The minimum Gasteiger partial charge on any atom is -0.497 e. The molecule has 24 heavy (non-hydrogen) atoms. The zero-order valence-electron chi connectivity index (χ0n) is 13.6. The second kappa shape index (κ2) is 6.55. The van der Waals surface area contributed by atoms with Crippen LogP contribution in [0.2, 0.25) is 0 Å². The summed E-state index contributed by atoms with van der Waals surface area (Å²) in [5.74, 6) is 1.75. The summed E-state index contributed by atoms with van der Waals surface area (Å²) in [5.41, 5.74) is 8.11. The van der Waals surface area contributed by atoms with Crippen molar-refractivity contribution in [3.05, 3.63) is 65.0 Å². The highest BCUT2D eigenvalue weighted by molar-refractivity contribution is 5.59. The van der Waals surface area contributed by atoms with Crippen molar-refractivity contribution in [3.63, 3.8) is 0 Å². The fourth-order valence-corrected chi connectivity index (χ4v) is 2.89. The van der Waals surface area contributed by atoms with Gasteiger partial charge in [-0.1, -0.05) is 24.3 Å². The minimum absolute atomic E-state index is 0.106. The van der Waals surface area contributed by atoms with E-state index in [1.54, 1.807) is 13.2 Å².